The maximum absolute atomic E-state index is 12.0. The lowest BCUT2D eigenvalue weighted by Crippen LogP contribution is -2.28. The Kier molecular flexibility index (Phi) is 4.61. The lowest BCUT2D eigenvalue weighted by molar-refractivity contribution is -0.129. The molecule has 0 bridgehead atoms. The van der Waals surface area contributed by atoms with E-state index in [2.05, 4.69) is 9.97 Å². The molecule has 1 amide bonds. The van der Waals surface area contributed by atoms with Gasteiger partial charge in [0.15, 0.2) is 5.82 Å². The monoisotopic (exact) mass is 333 g/mol. The van der Waals surface area contributed by atoms with E-state index in [0.29, 0.717) is 18.8 Å². The number of halogens is 1. The molecule has 1 fully saturated rings. The number of alkyl halides is 1. The van der Waals surface area contributed by atoms with Gasteiger partial charge in [0.05, 0.1) is 0 Å². The fourth-order valence-electron chi connectivity index (χ4n) is 2.94. The molecular weight excluding hydrogens is 314 g/mol. The van der Waals surface area contributed by atoms with Gasteiger partial charge in [-0.05, 0) is 19.4 Å². The summed E-state index contributed by atoms with van der Waals surface area (Å²) in [5, 5.41) is 0. The third kappa shape index (κ3) is 3.37. The van der Waals surface area contributed by atoms with Gasteiger partial charge >= 0.3 is 0 Å². The topological polar surface area (TPSA) is 63.9 Å². The highest BCUT2D eigenvalue weighted by Crippen LogP contribution is 2.27. The smallest absolute Gasteiger partial charge is 0.223 e. The molecule has 3 heterocycles. The summed E-state index contributed by atoms with van der Waals surface area (Å²) in [6.45, 7) is 3.37. The number of aryl methyl sites for hydroxylation is 2. The van der Waals surface area contributed by atoms with Gasteiger partial charge in [-0.3, -0.25) is 4.79 Å². The van der Waals surface area contributed by atoms with E-state index in [1.165, 1.54) is 0 Å². The van der Waals surface area contributed by atoms with Crippen LogP contribution in [-0.2, 0) is 11.8 Å². The lowest BCUT2D eigenvalue weighted by Gasteiger charge is -2.16. The van der Waals surface area contributed by atoms with Crippen LogP contribution in [0.5, 0.6) is 0 Å². The normalized spacial score (nSPS) is 17.7. The first-order valence-corrected chi connectivity index (χ1v) is 8.29. The molecule has 0 radical (unpaired) electrons. The third-order valence-electron chi connectivity index (χ3n) is 4.14. The second-order valence-corrected chi connectivity index (χ2v) is 6.26. The van der Waals surface area contributed by atoms with Crippen LogP contribution in [0.3, 0.4) is 0 Å². The van der Waals surface area contributed by atoms with Crippen LogP contribution in [-0.4, -0.2) is 49.3 Å². The molecule has 2 aromatic rings. The Balaban J connectivity index is 1.83. The summed E-state index contributed by atoms with van der Waals surface area (Å²) < 4.78 is 1.94. The summed E-state index contributed by atoms with van der Waals surface area (Å²) in [6.07, 6.45) is 4.93. The first-order valence-electron chi connectivity index (χ1n) is 7.75. The Labute approximate surface area is 140 Å². The van der Waals surface area contributed by atoms with Crippen molar-refractivity contribution in [3.8, 4) is 11.5 Å². The van der Waals surface area contributed by atoms with Gasteiger partial charge in [-0.2, -0.15) is 0 Å². The quantitative estimate of drug-likeness (QED) is 0.804. The molecule has 1 unspecified atom stereocenters. The van der Waals surface area contributed by atoms with E-state index in [1.807, 2.05) is 35.7 Å². The average Bonchev–Trinajstić information content (AvgIpc) is 3.15. The van der Waals surface area contributed by atoms with Gasteiger partial charge in [0.25, 0.3) is 0 Å². The highest BCUT2D eigenvalue weighted by atomic mass is 35.5. The van der Waals surface area contributed by atoms with Gasteiger partial charge in [0.1, 0.15) is 11.5 Å². The van der Waals surface area contributed by atoms with Crippen molar-refractivity contribution in [1.82, 2.24) is 24.4 Å². The molecule has 23 heavy (non-hydrogen) atoms. The molecule has 122 valence electrons. The fraction of sp³-hybridized carbons (Fsp3) is 0.500. The molecule has 0 spiro atoms. The standard InChI is InChI=1S/C16H20ClN5O/c1-11-9-13(16-18-6-8-21(16)2)20-15(19-11)12-4-7-22(10-12)14(23)3-5-17/h6,8-9,12H,3-5,7,10H2,1-2H3. The van der Waals surface area contributed by atoms with Crippen molar-refractivity contribution in [2.24, 2.45) is 7.05 Å². The molecule has 3 rings (SSSR count). The number of rotatable bonds is 4. The lowest BCUT2D eigenvalue weighted by atomic mass is 10.1. The maximum atomic E-state index is 12.0. The van der Waals surface area contributed by atoms with E-state index >= 15 is 0 Å². The predicted molar refractivity (Wildman–Crippen MR) is 88.2 cm³/mol. The van der Waals surface area contributed by atoms with Gasteiger partial charge in [0.2, 0.25) is 5.91 Å². The molecule has 1 saturated heterocycles. The van der Waals surface area contributed by atoms with Crippen molar-refractivity contribution in [1.29, 1.82) is 0 Å². The Morgan fingerprint density at radius 1 is 1.43 bits per heavy atom. The Morgan fingerprint density at radius 2 is 2.26 bits per heavy atom. The van der Waals surface area contributed by atoms with Crippen LogP contribution >= 0.6 is 11.6 Å². The zero-order valence-corrected chi connectivity index (χ0v) is 14.1. The van der Waals surface area contributed by atoms with Crippen molar-refractivity contribution >= 4 is 17.5 Å². The molecule has 7 heteroatoms. The number of amides is 1. The van der Waals surface area contributed by atoms with Gasteiger partial charge in [-0.15, -0.1) is 11.6 Å². The van der Waals surface area contributed by atoms with Crippen molar-refractivity contribution < 1.29 is 4.79 Å². The van der Waals surface area contributed by atoms with Gasteiger partial charge in [-0.1, -0.05) is 0 Å². The van der Waals surface area contributed by atoms with E-state index in [-0.39, 0.29) is 11.8 Å². The number of imidazole rings is 1. The second-order valence-electron chi connectivity index (χ2n) is 5.88. The maximum Gasteiger partial charge on any atom is 0.223 e. The number of carbonyl (C=O) groups excluding carboxylic acids is 1. The highest BCUT2D eigenvalue weighted by molar-refractivity contribution is 6.18. The van der Waals surface area contributed by atoms with Crippen LogP contribution in [0, 0.1) is 6.92 Å². The van der Waals surface area contributed by atoms with Gasteiger partial charge in [0, 0.05) is 56.4 Å². The molecular formula is C16H20ClN5O. The van der Waals surface area contributed by atoms with E-state index in [1.54, 1.807) is 6.20 Å². The van der Waals surface area contributed by atoms with Gasteiger partial charge in [-0.25, -0.2) is 15.0 Å². The molecule has 1 atom stereocenters. The molecule has 0 saturated carbocycles. The minimum atomic E-state index is 0.111. The summed E-state index contributed by atoms with van der Waals surface area (Å²) >= 11 is 5.66. The minimum absolute atomic E-state index is 0.111. The Hall–Kier alpha value is -1.95. The molecule has 0 aliphatic carbocycles. The zero-order chi connectivity index (χ0) is 16.4. The van der Waals surface area contributed by atoms with Gasteiger partial charge < -0.3 is 9.47 Å². The zero-order valence-electron chi connectivity index (χ0n) is 13.4. The van der Waals surface area contributed by atoms with Crippen LogP contribution in [0.15, 0.2) is 18.5 Å². The number of hydrogen-bond acceptors (Lipinski definition) is 4. The van der Waals surface area contributed by atoms with Crippen LogP contribution < -0.4 is 0 Å². The first kappa shape index (κ1) is 15.9. The van der Waals surface area contributed by atoms with E-state index in [4.69, 9.17) is 16.6 Å². The number of carbonyl (C=O) groups is 1. The Morgan fingerprint density at radius 3 is 2.96 bits per heavy atom. The molecule has 0 N–H and O–H groups in total. The van der Waals surface area contributed by atoms with E-state index in [9.17, 15) is 4.79 Å². The SMILES string of the molecule is Cc1cc(-c2nccn2C)nc(C2CCN(C(=O)CCCl)C2)n1. The average molecular weight is 334 g/mol. The number of nitrogens with zero attached hydrogens (tertiary/aromatic N) is 5. The van der Waals surface area contributed by atoms with Crippen LogP contribution in [0.4, 0.5) is 0 Å². The van der Waals surface area contributed by atoms with E-state index in [0.717, 1.165) is 36.0 Å². The molecule has 0 aromatic carbocycles. The molecule has 1 aliphatic rings. The summed E-state index contributed by atoms with van der Waals surface area (Å²) in [7, 11) is 1.95. The predicted octanol–water partition coefficient (Wildman–Crippen LogP) is 2.13. The second kappa shape index (κ2) is 6.66. The molecule has 1 aliphatic heterocycles. The first-order chi connectivity index (χ1) is 11.1. The number of hydrogen-bond donors (Lipinski definition) is 0. The fourth-order valence-corrected chi connectivity index (χ4v) is 3.10. The summed E-state index contributed by atoms with van der Waals surface area (Å²) in [4.78, 5) is 27.5. The van der Waals surface area contributed by atoms with Crippen molar-refractivity contribution in [3.63, 3.8) is 0 Å². The molecule has 2 aromatic heterocycles. The Bertz CT molecular complexity index is 714. The van der Waals surface area contributed by atoms with Crippen molar-refractivity contribution in [2.75, 3.05) is 19.0 Å². The van der Waals surface area contributed by atoms with Crippen LogP contribution in [0.25, 0.3) is 11.5 Å². The van der Waals surface area contributed by atoms with Crippen LogP contribution in [0.1, 0.15) is 30.3 Å². The number of likely N-dealkylation sites (tertiary alicyclic amines) is 1. The summed E-state index contributed by atoms with van der Waals surface area (Å²) in [5.41, 5.74) is 1.74. The minimum Gasteiger partial charge on any atom is -0.342 e. The number of aromatic nitrogens is 4. The molecule has 6 nitrogen and oxygen atoms in total. The summed E-state index contributed by atoms with van der Waals surface area (Å²) in [6, 6.07) is 1.94. The highest BCUT2D eigenvalue weighted by Gasteiger charge is 2.29. The van der Waals surface area contributed by atoms with Crippen LogP contribution in [0.2, 0.25) is 0 Å². The largest absolute Gasteiger partial charge is 0.342 e. The third-order valence-corrected chi connectivity index (χ3v) is 4.33. The van der Waals surface area contributed by atoms with Crippen molar-refractivity contribution in [3.05, 3.63) is 30.0 Å². The van der Waals surface area contributed by atoms with E-state index < -0.39 is 0 Å². The van der Waals surface area contributed by atoms with Crippen molar-refractivity contribution in [2.45, 2.75) is 25.7 Å². The summed E-state index contributed by atoms with van der Waals surface area (Å²) in [5.74, 6) is 2.27.